The Morgan fingerprint density at radius 1 is 1.38 bits per heavy atom. The number of benzene rings is 1. The van der Waals surface area contributed by atoms with Gasteiger partial charge in [-0.1, -0.05) is 29.8 Å². The molecule has 21 heavy (non-hydrogen) atoms. The molecular weight excluding hydrogens is 286 g/mol. The molecule has 1 aliphatic rings. The van der Waals surface area contributed by atoms with Crippen LogP contribution in [0.3, 0.4) is 0 Å². The highest BCUT2D eigenvalue weighted by Gasteiger charge is 2.34. The summed E-state index contributed by atoms with van der Waals surface area (Å²) in [4.78, 5) is 0. The summed E-state index contributed by atoms with van der Waals surface area (Å²) >= 11 is 6.40. The van der Waals surface area contributed by atoms with E-state index in [2.05, 4.69) is 36.4 Å². The molecular formula is C16H20ClN3O. The summed E-state index contributed by atoms with van der Waals surface area (Å²) in [5.74, 6) is 1.20. The molecule has 2 aromatic rings. The fourth-order valence-corrected chi connectivity index (χ4v) is 3.29. The number of hydrogen-bond donors (Lipinski definition) is 1. The van der Waals surface area contributed by atoms with Crippen LogP contribution in [0.15, 0.2) is 30.5 Å². The van der Waals surface area contributed by atoms with Crippen molar-refractivity contribution in [2.24, 2.45) is 0 Å². The lowest BCUT2D eigenvalue weighted by Crippen LogP contribution is -2.28. The minimum absolute atomic E-state index is 0.0750. The highest BCUT2D eigenvalue weighted by atomic mass is 35.5. The SMILES string of the molecule is CNC(c1c(Cl)cnn1C(C)C)C1COc2ccccc21. The molecule has 1 N–H and O–H groups in total. The molecule has 2 unspecified atom stereocenters. The van der Waals surface area contributed by atoms with E-state index in [1.807, 2.05) is 23.9 Å². The molecule has 0 bridgehead atoms. The molecule has 4 nitrogen and oxygen atoms in total. The average molecular weight is 306 g/mol. The largest absolute Gasteiger partial charge is 0.493 e. The first kappa shape index (κ1) is 14.4. The Labute approximate surface area is 130 Å². The summed E-state index contributed by atoms with van der Waals surface area (Å²) in [6, 6.07) is 8.53. The van der Waals surface area contributed by atoms with Crippen LogP contribution in [-0.2, 0) is 0 Å². The van der Waals surface area contributed by atoms with Gasteiger partial charge in [-0.15, -0.1) is 0 Å². The number of aromatic nitrogens is 2. The molecule has 0 saturated heterocycles. The number of halogens is 1. The first-order valence-corrected chi connectivity index (χ1v) is 7.63. The van der Waals surface area contributed by atoms with Gasteiger partial charge in [0.15, 0.2) is 0 Å². The standard InChI is InChI=1S/C16H20ClN3O/c1-10(2)20-16(13(17)8-19-20)15(18-3)12-9-21-14-7-5-4-6-11(12)14/h4-8,10,12,15,18H,9H2,1-3H3. The third-order valence-electron chi connectivity index (χ3n) is 4.02. The maximum atomic E-state index is 6.40. The van der Waals surface area contributed by atoms with E-state index in [9.17, 15) is 0 Å². The number of nitrogens with zero attached hydrogens (tertiary/aromatic N) is 2. The van der Waals surface area contributed by atoms with Gasteiger partial charge in [-0.2, -0.15) is 5.10 Å². The highest BCUT2D eigenvalue weighted by Crippen LogP contribution is 2.42. The average Bonchev–Trinajstić information content (AvgIpc) is 3.06. The second kappa shape index (κ2) is 5.70. The molecule has 0 radical (unpaired) electrons. The number of nitrogens with one attached hydrogen (secondary N) is 1. The van der Waals surface area contributed by atoms with Gasteiger partial charge in [0, 0.05) is 17.5 Å². The van der Waals surface area contributed by atoms with Gasteiger partial charge >= 0.3 is 0 Å². The summed E-state index contributed by atoms with van der Waals surface area (Å²) in [5.41, 5.74) is 2.25. The van der Waals surface area contributed by atoms with Crippen LogP contribution >= 0.6 is 11.6 Å². The molecule has 112 valence electrons. The number of likely N-dealkylation sites (N-methyl/N-ethyl adjacent to an activating group) is 1. The molecule has 1 aromatic heterocycles. The van der Waals surface area contributed by atoms with Crippen LogP contribution in [0.5, 0.6) is 5.75 Å². The predicted octanol–water partition coefficient (Wildman–Crippen LogP) is 3.55. The van der Waals surface area contributed by atoms with Crippen LogP contribution < -0.4 is 10.1 Å². The fourth-order valence-electron chi connectivity index (χ4n) is 3.05. The van der Waals surface area contributed by atoms with Crippen molar-refractivity contribution < 1.29 is 4.74 Å². The molecule has 3 rings (SSSR count). The van der Waals surface area contributed by atoms with Crippen molar-refractivity contribution in [2.75, 3.05) is 13.7 Å². The van der Waals surface area contributed by atoms with E-state index in [4.69, 9.17) is 16.3 Å². The van der Waals surface area contributed by atoms with Crippen LogP contribution in [0.1, 0.15) is 43.1 Å². The zero-order valence-electron chi connectivity index (χ0n) is 12.5. The maximum absolute atomic E-state index is 6.40. The minimum Gasteiger partial charge on any atom is -0.493 e. The molecule has 1 aliphatic heterocycles. The summed E-state index contributed by atoms with van der Waals surface area (Å²) in [6.45, 7) is 4.88. The first-order valence-electron chi connectivity index (χ1n) is 7.25. The Kier molecular flexibility index (Phi) is 3.91. The molecule has 2 atom stereocenters. The monoisotopic (exact) mass is 305 g/mol. The molecule has 0 saturated carbocycles. The van der Waals surface area contributed by atoms with E-state index in [-0.39, 0.29) is 18.0 Å². The van der Waals surface area contributed by atoms with Crippen LogP contribution in [0.4, 0.5) is 0 Å². The van der Waals surface area contributed by atoms with Crippen molar-refractivity contribution in [3.8, 4) is 5.75 Å². The molecule has 0 amide bonds. The summed E-state index contributed by atoms with van der Waals surface area (Å²) in [6.07, 6.45) is 1.73. The summed E-state index contributed by atoms with van der Waals surface area (Å²) in [5, 5.41) is 8.51. The second-order valence-corrected chi connectivity index (χ2v) is 6.04. The van der Waals surface area contributed by atoms with E-state index in [1.165, 1.54) is 5.56 Å². The van der Waals surface area contributed by atoms with Crippen LogP contribution in [0, 0.1) is 0 Å². The second-order valence-electron chi connectivity index (χ2n) is 5.64. The van der Waals surface area contributed by atoms with Crippen molar-refractivity contribution >= 4 is 11.6 Å². The van der Waals surface area contributed by atoms with Gasteiger partial charge < -0.3 is 10.1 Å². The Morgan fingerprint density at radius 3 is 2.86 bits per heavy atom. The lowest BCUT2D eigenvalue weighted by molar-refractivity contribution is 0.297. The van der Waals surface area contributed by atoms with Gasteiger partial charge in [0.2, 0.25) is 0 Å². The van der Waals surface area contributed by atoms with Crippen molar-refractivity contribution in [1.82, 2.24) is 15.1 Å². The van der Waals surface area contributed by atoms with Crippen LogP contribution in [-0.4, -0.2) is 23.4 Å². The van der Waals surface area contributed by atoms with Crippen molar-refractivity contribution in [3.63, 3.8) is 0 Å². The van der Waals surface area contributed by atoms with Gasteiger partial charge in [0.05, 0.1) is 29.6 Å². The number of ether oxygens (including phenoxy) is 1. The quantitative estimate of drug-likeness (QED) is 0.939. The topological polar surface area (TPSA) is 39.1 Å². The van der Waals surface area contributed by atoms with Gasteiger partial charge in [0.1, 0.15) is 5.75 Å². The predicted molar refractivity (Wildman–Crippen MR) is 84.1 cm³/mol. The highest BCUT2D eigenvalue weighted by molar-refractivity contribution is 6.31. The number of fused-ring (bicyclic) bond motifs is 1. The van der Waals surface area contributed by atoms with E-state index in [0.29, 0.717) is 11.6 Å². The minimum atomic E-state index is 0.0750. The van der Waals surface area contributed by atoms with E-state index >= 15 is 0 Å². The summed E-state index contributed by atoms with van der Waals surface area (Å²) in [7, 11) is 1.96. The smallest absolute Gasteiger partial charge is 0.122 e. The zero-order valence-corrected chi connectivity index (χ0v) is 13.3. The Morgan fingerprint density at radius 2 is 2.14 bits per heavy atom. The van der Waals surface area contributed by atoms with Gasteiger partial charge in [0.25, 0.3) is 0 Å². The van der Waals surface area contributed by atoms with E-state index < -0.39 is 0 Å². The third-order valence-corrected chi connectivity index (χ3v) is 4.31. The van der Waals surface area contributed by atoms with Gasteiger partial charge in [-0.3, -0.25) is 4.68 Å². The number of hydrogen-bond acceptors (Lipinski definition) is 3. The molecule has 0 spiro atoms. The van der Waals surface area contributed by atoms with E-state index in [1.54, 1.807) is 6.20 Å². The van der Waals surface area contributed by atoms with Crippen molar-refractivity contribution in [2.45, 2.75) is 31.8 Å². The molecule has 2 heterocycles. The Balaban J connectivity index is 2.03. The molecule has 1 aromatic carbocycles. The summed E-state index contributed by atoms with van der Waals surface area (Å²) < 4.78 is 7.81. The fraction of sp³-hybridized carbons (Fsp3) is 0.438. The van der Waals surface area contributed by atoms with Gasteiger partial charge in [-0.05, 0) is 27.0 Å². The van der Waals surface area contributed by atoms with Crippen molar-refractivity contribution in [1.29, 1.82) is 0 Å². The number of para-hydroxylation sites is 1. The Bertz CT molecular complexity index is 638. The number of rotatable bonds is 4. The normalized spacial score (nSPS) is 18.6. The van der Waals surface area contributed by atoms with Crippen molar-refractivity contribution in [3.05, 3.63) is 46.7 Å². The third kappa shape index (κ3) is 2.43. The molecule has 0 aliphatic carbocycles. The van der Waals surface area contributed by atoms with E-state index in [0.717, 1.165) is 11.4 Å². The Hall–Kier alpha value is -1.52. The van der Waals surface area contributed by atoms with Gasteiger partial charge in [-0.25, -0.2) is 0 Å². The lowest BCUT2D eigenvalue weighted by Gasteiger charge is -2.25. The molecule has 0 fully saturated rings. The lowest BCUT2D eigenvalue weighted by atomic mass is 9.91. The molecule has 5 heteroatoms. The van der Waals surface area contributed by atoms with Crippen LogP contribution in [0.2, 0.25) is 5.02 Å². The maximum Gasteiger partial charge on any atom is 0.122 e. The van der Waals surface area contributed by atoms with Crippen LogP contribution in [0.25, 0.3) is 0 Å². The zero-order chi connectivity index (χ0) is 15.0. The first-order chi connectivity index (χ1) is 10.1.